The number of hydrogen-bond donors (Lipinski definition) is 0. The Labute approximate surface area is 202 Å². The van der Waals surface area contributed by atoms with Gasteiger partial charge in [0, 0.05) is 52.7 Å². The van der Waals surface area contributed by atoms with Crippen LogP contribution in [0.5, 0.6) is 0 Å². The summed E-state index contributed by atoms with van der Waals surface area (Å²) in [5.41, 5.74) is 3.65. The lowest BCUT2D eigenvalue weighted by Gasteiger charge is -2.26. The van der Waals surface area contributed by atoms with Crippen LogP contribution in [-0.4, -0.2) is 41.7 Å². The van der Waals surface area contributed by atoms with Crippen LogP contribution < -0.4 is 5.43 Å². The lowest BCUT2D eigenvalue weighted by atomic mass is 10.0. The van der Waals surface area contributed by atoms with Crippen LogP contribution >= 0.6 is 23.4 Å². The molecule has 2 atom stereocenters. The highest BCUT2D eigenvalue weighted by atomic mass is 35.5. The minimum Gasteiger partial charge on any atom is -0.379 e. The van der Waals surface area contributed by atoms with Gasteiger partial charge in [0.15, 0.2) is 5.43 Å². The molecule has 2 aliphatic rings. The second kappa shape index (κ2) is 9.01. The SMILES string of the molecule is Cc1cc(=O)c(C(=O)N(C)[C@H]2CCOC2)c2n1-c1ccc(Cl)cc1S[C@H](c1ccccc1)C2. The van der Waals surface area contributed by atoms with Gasteiger partial charge in [-0.15, -0.1) is 11.8 Å². The average molecular weight is 481 g/mol. The highest BCUT2D eigenvalue weighted by Gasteiger charge is 2.33. The molecule has 2 aromatic carbocycles. The lowest BCUT2D eigenvalue weighted by molar-refractivity contribution is 0.0708. The first-order valence-corrected chi connectivity index (χ1v) is 12.3. The molecule has 0 radical (unpaired) electrons. The van der Waals surface area contributed by atoms with Gasteiger partial charge in [-0.25, -0.2) is 0 Å². The van der Waals surface area contributed by atoms with Gasteiger partial charge >= 0.3 is 0 Å². The molecule has 170 valence electrons. The third-order valence-electron chi connectivity index (χ3n) is 6.47. The van der Waals surface area contributed by atoms with Crippen molar-refractivity contribution in [3.05, 3.63) is 92.4 Å². The number of fused-ring (bicyclic) bond motifs is 3. The molecule has 0 unspecified atom stereocenters. The molecule has 1 saturated heterocycles. The molecule has 33 heavy (non-hydrogen) atoms. The summed E-state index contributed by atoms with van der Waals surface area (Å²) in [7, 11) is 1.77. The number of aromatic nitrogens is 1. The first-order chi connectivity index (χ1) is 15.9. The summed E-state index contributed by atoms with van der Waals surface area (Å²) >= 11 is 8.08. The van der Waals surface area contributed by atoms with Gasteiger partial charge in [-0.2, -0.15) is 0 Å². The maximum absolute atomic E-state index is 13.7. The summed E-state index contributed by atoms with van der Waals surface area (Å²) in [6.07, 6.45) is 1.33. The Balaban J connectivity index is 1.72. The second-order valence-corrected chi connectivity index (χ2v) is 10.3. The molecule has 3 heterocycles. The Kier molecular flexibility index (Phi) is 6.08. The van der Waals surface area contributed by atoms with Crippen LogP contribution in [0.3, 0.4) is 0 Å². The summed E-state index contributed by atoms with van der Waals surface area (Å²) in [6, 6.07) is 17.6. The van der Waals surface area contributed by atoms with E-state index in [1.807, 2.05) is 43.3 Å². The van der Waals surface area contributed by atoms with Crippen molar-refractivity contribution in [3.63, 3.8) is 0 Å². The summed E-state index contributed by atoms with van der Waals surface area (Å²) in [5, 5.41) is 0.692. The van der Waals surface area contributed by atoms with Crippen LogP contribution in [0.4, 0.5) is 0 Å². The topological polar surface area (TPSA) is 51.5 Å². The number of hydrogen-bond acceptors (Lipinski definition) is 4. The third kappa shape index (κ3) is 4.12. The molecule has 1 fully saturated rings. The van der Waals surface area contributed by atoms with Crippen molar-refractivity contribution < 1.29 is 9.53 Å². The number of amides is 1. The van der Waals surface area contributed by atoms with E-state index in [9.17, 15) is 9.59 Å². The van der Waals surface area contributed by atoms with E-state index in [1.165, 1.54) is 0 Å². The van der Waals surface area contributed by atoms with Gasteiger partial charge in [-0.1, -0.05) is 41.9 Å². The number of benzene rings is 2. The van der Waals surface area contributed by atoms with E-state index in [1.54, 1.807) is 29.8 Å². The minimum atomic E-state index is -0.242. The zero-order chi connectivity index (χ0) is 23.1. The number of likely N-dealkylation sites (N-methyl/N-ethyl adjacent to an activating group) is 1. The molecule has 0 bridgehead atoms. The lowest BCUT2D eigenvalue weighted by Crippen LogP contribution is -2.41. The van der Waals surface area contributed by atoms with Crippen molar-refractivity contribution in [3.8, 4) is 5.69 Å². The molecule has 0 N–H and O–H groups in total. The van der Waals surface area contributed by atoms with Crippen molar-refractivity contribution in [2.45, 2.75) is 36.0 Å². The van der Waals surface area contributed by atoms with Gasteiger partial charge in [0.1, 0.15) is 5.56 Å². The van der Waals surface area contributed by atoms with E-state index < -0.39 is 0 Å². The molecule has 1 amide bonds. The fraction of sp³-hybridized carbons (Fsp3) is 0.308. The van der Waals surface area contributed by atoms with Crippen molar-refractivity contribution in [2.75, 3.05) is 20.3 Å². The third-order valence-corrected chi connectivity index (χ3v) is 8.01. The number of halogens is 1. The predicted molar refractivity (Wildman–Crippen MR) is 132 cm³/mol. The van der Waals surface area contributed by atoms with E-state index in [4.69, 9.17) is 16.3 Å². The van der Waals surface area contributed by atoms with Crippen molar-refractivity contribution in [1.82, 2.24) is 9.47 Å². The van der Waals surface area contributed by atoms with Gasteiger partial charge < -0.3 is 14.2 Å². The number of pyridine rings is 1. The molecule has 0 spiro atoms. The molecule has 7 heteroatoms. The van der Waals surface area contributed by atoms with Crippen LogP contribution in [0.2, 0.25) is 5.02 Å². The van der Waals surface area contributed by atoms with Crippen LogP contribution in [0.1, 0.15) is 39.0 Å². The summed E-state index contributed by atoms with van der Waals surface area (Å²) in [4.78, 5) is 29.7. The molecule has 0 saturated carbocycles. The maximum Gasteiger partial charge on any atom is 0.259 e. The van der Waals surface area contributed by atoms with E-state index in [2.05, 4.69) is 16.7 Å². The molecule has 2 aliphatic heterocycles. The Morgan fingerprint density at radius 3 is 2.70 bits per heavy atom. The number of rotatable bonds is 3. The average Bonchev–Trinajstić information content (AvgIpc) is 3.28. The highest BCUT2D eigenvalue weighted by molar-refractivity contribution is 7.99. The van der Waals surface area contributed by atoms with Crippen LogP contribution in [0.15, 0.2) is 64.3 Å². The Bertz CT molecular complexity index is 1270. The number of aryl methyl sites for hydroxylation is 1. The highest BCUT2D eigenvalue weighted by Crippen LogP contribution is 2.45. The molecule has 1 aromatic heterocycles. The van der Waals surface area contributed by atoms with Gasteiger partial charge in [0.25, 0.3) is 5.91 Å². The van der Waals surface area contributed by atoms with Crippen molar-refractivity contribution in [2.24, 2.45) is 0 Å². The van der Waals surface area contributed by atoms with Gasteiger partial charge in [-0.05, 0) is 37.1 Å². The van der Waals surface area contributed by atoms with Crippen molar-refractivity contribution in [1.29, 1.82) is 0 Å². The standard InChI is InChI=1S/C26H25ClN2O3S/c1-16-12-22(30)25(26(31)28(2)19-10-11-32-15-19)21-14-23(17-6-4-3-5-7-17)33-24-13-18(27)8-9-20(24)29(16)21/h3-9,12-13,19,23H,10-11,14-15H2,1-2H3/t19-,23-/m0/s1. The summed E-state index contributed by atoms with van der Waals surface area (Å²) in [5.74, 6) is -0.242. The van der Waals surface area contributed by atoms with Crippen molar-refractivity contribution >= 4 is 29.3 Å². The Morgan fingerprint density at radius 2 is 1.97 bits per heavy atom. The fourth-order valence-corrected chi connectivity index (χ4v) is 6.26. The predicted octanol–water partition coefficient (Wildman–Crippen LogP) is 5.05. The number of carbonyl (C=O) groups is 1. The fourth-order valence-electron chi connectivity index (χ4n) is 4.71. The quantitative estimate of drug-likeness (QED) is 0.526. The van der Waals surface area contributed by atoms with Gasteiger partial charge in [-0.3, -0.25) is 9.59 Å². The van der Waals surface area contributed by atoms with E-state index in [0.717, 1.165) is 34.0 Å². The summed E-state index contributed by atoms with van der Waals surface area (Å²) < 4.78 is 7.55. The van der Waals surface area contributed by atoms with E-state index >= 15 is 0 Å². The van der Waals surface area contributed by atoms with Gasteiger partial charge in [0.2, 0.25) is 0 Å². The van der Waals surface area contributed by atoms with Gasteiger partial charge in [0.05, 0.1) is 18.3 Å². The zero-order valence-corrected chi connectivity index (χ0v) is 20.2. The number of nitrogens with zero attached hydrogens (tertiary/aromatic N) is 2. The summed E-state index contributed by atoms with van der Waals surface area (Å²) in [6.45, 7) is 3.05. The van der Waals surface area contributed by atoms with E-state index in [-0.39, 0.29) is 28.2 Å². The largest absolute Gasteiger partial charge is 0.379 e. The number of carbonyl (C=O) groups excluding carboxylic acids is 1. The first kappa shape index (κ1) is 22.3. The number of ether oxygens (including phenoxy) is 1. The minimum absolute atomic E-state index is 0.0185. The molecule has 0 aliphatic carbocycles. The van der Waals surface area contributed by atoms with E-state index in [0.29, 0.717) is 24.7 Å². The smallest absolute Gasteiger partial charge is 0.259 e. The molecule has 3 aromatic rings. The molecule has 5 nitrogen and oxygen atoms in total. The molecule has 5 rings (SSSR count). The maximum atomic E-state index is 13.7. The Morgan fingerprint density at radius 1 is 1.18 bits per heavy atom. The monoisotopic (exact) mass is 480 g/mol. The normalized spacial score (nSPS) is 19.5. The zero-order valence-electron chi connectivity index (χ0n) is 18.6. The first-order valence-electron chi connectivity index (χ1n) is 11.1. The molecular weight excluding hydrogens is 456 g/mol. The van der Waals surface area contributed by atoms with Crippen LogP contribution in [0.25, 0.3) is 5.69 Å². The second-order valence-electron chi connectivity index (χ2n) is 8.57. The Hall–Kier alpha value is -2.54. The number of thioether (sulfide) groups is 1. The molecular formula is C26H25ClN2O3S. The van der Waals surface area contributed by atoms with Crippen LogP contribution in [-0.2, 0) is 11.2 Å². The van der Waals surface area contributed by atoms with Crippen LogP contribution in [0, 0.1) is 6.92 Å².